The second kappa shape index (κ2) is 6.31. The van der Waals surface area contributed by atoms with E-state index in [0.29, 0.717) is 16.2 Å². The van der Waals surface area contributed by atoms with Crippen LogP contribution in [0.1, 0.15) is 12.8 Å². The van der Waals surface area contributed by atoms with E-state index in [9.17, 15) is 4.79 Å². The van der Waals surface area contributed by atoms with Crippen LogP contribution in [-0.2, 0) is 11.3 Å². The van der Waals surface area contributed by atoms with Gasteiger partial charge in [-0.05, 0) is 28.8 Å². The maximum atomic E-state index is 11.9. The zero-order valence-corrected chi connectivity index (χ0v) is 11.5. The van der Waals surface area contributed by atoms with Crippen LogP contribution < -0.4 is 10.9 Å². The molecule has 2 heterocycles. The summed E-state index contributed by atoms with van der Waals surface area (Å²) in [4.78, 5) is 11.9. The second-order valence-corrected chi connectivity index (χ2v) is 4.95. The minimum absolute atomic E-state index is 0.105. The lowest BCUT2D eigenvalue weighted by molar-refractivity contribution is 0.0904. The third-order valence-corrected chi connectivity index (χ3v) is 3.64. The lowest BCUT2D eigenvalue weighted by atomic mass is 10.1. The third kappa shape index (κ3) is 3.09. The molecular weight excluding hydrogens is 302 g/mol. The predicted molar refractivity (Wildman–Crippen MR) is 70.7 cm³/mol. The Morgan fingerprint density at radius 3 is 2.94 bits per heavy atom. The van der Waals surface area contributed by atoms with Crippen molar-refractivity contribution in [2.45, 2.75) is 25.4 Å². The van der Waals surface area contributed by atoms with Crippen LogP contribution in [0.25, 0.3) is 0 Å². The molecule has 2 N–H and O–H groups in total. The van der Waals surface area contributed by atoms with E-state index in [4.69, 9.17) is 9.84 Å². The fraction of sp³-hybridized carbons (Fsp3) is 0.636. The van der Waals surface area contributed by atoms with E-state index in [1.165, 1.54) is 4.68 Å². The Morgan fingerprint density at radius 2 is 2.28 bits per heavy atom. The van der Waals surface area contributed by atoms with Crippen molar-refractivity contribution in [1.82, 2.24) is 9.78 Å². The molecule has 0 bridgehead atoms. The number of anilines is 1. The average molecular weight is 318 g/mol. The lowest BCUT2D eigenvalue weighted by Gasteiger charge is -2.24. The van der Waals surface area contributed by atoms with Crippen LogP contribution >= 0.6 is 15.9 Å². The van der Waals surface area contributed by atoms with Gasteiger partial charge in [0, 0.05) is 19.3 Å². The highest BCUT2D eigenvalue weighted by atomic mass is 79.9. The molecule has 1 saturated heterocycles. The molecular formula is C11H16BrN3O3. The highest BCUT2D eigenvalue weighted by Gasteiger charge is 2.16. The molecule has 7 heteroatoms. The fourth-order valence-corrected chi connectivity index (χ4v) is 2.30. The number of nitrogens with one attached hydrogen (secondary N) is 1. The van der Waals surface area contributed by atoms with Crippen molar-refractivity contribution >= 4 is 21.6 Å². The van der Waals surface area contributed by atoms with Gasteiger partial charge in [-0.2, -0.15) is 5.10 Å². The fourth-order valence-electron chi connectivity index (χ4n) is 1.88. The standard InChI is InChI=1S/C11H16BrN3O3/c12-10-9(14-8-1-5-18-6-2-8)7-13-15(3-4-16)11(10)17/h7-8,14,16H,1-6H2. The highest BCUT2D eigenvalue weighted by Crippen LogP contribution is 2.20. The summed E-state index contributed by atoms with van der Waals surface area (Å²) in [5.41, 5.74) is 0.460. The Labute approximate surface area is 113 Å². The largest absolute Gasteiger partial charge is 0.394 e. The normalized spacial score (nSPS) is 16.8. The van der Waals surface area contributed by atoms with Gasteiger partial charge in [0.25, 0.3) is 5.56 Å². The van der Waals surface area contributed by atoms with Crippen LogP contribution in [0.5, 0.6) is 0 Å². The summed E-state index contributed by atoms with van der Waals surface area (Å²) in [7, 11) is 0. The summed E-state index contributed by atoms with van der Waals surface area (Å²) < 4.78 is 6.97. The van der Waals surface area contributed by atoms with Gasteiger partial charge in [0.15, 0.2) is 0 Å². The first kappa shape index (κ1) is 13.5. The van der Waals surface area contributed by atoms with Crippen LogP contribution in [0.2, 0.25) is 0 Å². The lowest BCUT2D eigenvalue weighted by Crippen LogP contribution is -2.31. The highest BCUT2D eigenvalue weighted by molar-refractivity contribution is 9.10. The van der Waals surface area contributed by atoms with Gasteiger partial charge in [0.05, 0.1) is 25.0 Å². The predicted octanol–water partition coefficient (Wildman–Crippen LogP) is 0.589. The molecule has 1 aromatic rings. The molecule has 1 aromatic heterocycles. The van der Waals surface area contributed by atoms with Crippen molar-refractivity contribution in [1.29, 1.82) is 0 Å². The van der Waals surface area contributed by atoms with E-state index in [1.54, 1.807) is 6.20 Å². The van der Waals surface area contributed by atoms with Crippen molar-refractivity contribution in [3.63, 3.8) is 0 Å². The van der Waals surface area contributed by atoms with Crippen molar-refractivity contribution in [2.24, 2.45) is 0 Å². The third-order valence-electron chi connectivity index (χ3n) is 2.88. The Bertz CT molecular complexity index is 457. The monoisotopic (exact) mass is 317 g/mol. The van der Waals surface area contributed by atoms with Crippen LogP contribution in [0.4, 0.5) is 5.69 Å². The molecule has 0 aromatic carbocycles. The van der Waals surface area contributed by atoms with E-state index < -0.39 is 0 Å². The summed E-state index contributed by atoms with van der Waals surface area (Å²) in [5.74, 6) is 0. The van der Waals surface area contributed by atoms with Gasteiger partial charge in [-0.25, -0.2) is 4.68 Å². The first-order valence-corrected chi connectivity index (χ1v) is 6.72. The van der Waals surface area contributed by atoms with E-state index in [2.05, 4.69) is 26.3 Å². The Hall–Kier alpha value is -0.920. The zero-order chi connectivity index (χ0) is 13.0. The zero-order valence-electron chi connectivity index (χ0n) is 9.93. The maximum absolute atomic E-state index is 11.9. The Kier molecular flexibility index (Phi) is 4.73. The summed E-state index contributed by atoms with van der Waals surface area (Å²) in [6.45, 7) is 1.58. The van der Waals surface area contributed by atoms with Gasteiger partial charge in [-0.15, -0.1) is 0 Å². The van der Waals surface area contributed by atoms with Gasteiger partial charge in [-0.1, -0.05) is 0 Å². The number of rotatable bonds is 4. The summed E-state index contributed by atoms with van der Waals surface area (Å²) in [5, 5.41) is 16.1. The number of halogens is 1. The minimum atomic E-state index is -0.235. The van der Waals surface area contributed by atoms with Gasteiger partial charge in [0.2, 0.25) is 0 Å². The van der Waals surface area contributed by atoms with E-state index in [-0.39, 0.29) is 18.7 Å². The molecule has 0 spiro atoms. The SMILES string of the molecule is O=c1c(Br)c(NC2CCOCC2)cnn1CCO. The topological polar surface area (TPSA) is 76.4 Å². The molecule has 0 amide bonds. The van der Waals surface area contributed by atoms with Gasteiger partial charge in [0.1, 0.15) is 4.47 Å². The number of aliphatic hydroxyl groups is 1. The molecule has 0 saturated carbocycles. The van der Waals surface area contributed by atoms with Gasteiger partial charge in [-0.3, -0.25) is 4.79 Å². The average Bonchev–Trinajstić information content (AvgIpc) is 2.40. The minimum Gasteiger partial charge on any atom is -0.394 e. The second-order valence-electron chi connectivity index (χ2n) is 4.16. The molecule has 1 aliphatic heterocycles. The van der Waals surface area contributed by atoms with Crippen LogP contribution in [0.15, 0.2) is 15.5 Å². The molecule has 1 aliphatic rings. The molecule has 1 fully saturated rings. The van der Waals surface area contributed by atoms with Gasteiger partial charge >= 0.3 is 0 Å². The van der Waals surface area contributed by atoms with E-state index in [0.717, 1.165) is 26.1 Å². The number of aromatic nitrogens is 2. The first-order chi connectivity index (χ1) is 8.72. The molecule has 6 nitrogen and oxygen atoms in total. The molecule has 0 aliphatic carbocycles. The van der Waals surface area contributed by atoms with Crippen molar-refractivity contribution in [3.05, 3.63) is 21.0 Å². The molecule has 0 radical (unpaired) electrons. The van der Waals surface area contributed by atoms with Crippen molar-refractivity contribution < 1.29 is 9.84 Å². The molecule has 2 rings (SSSR count). The van der Waals surface area contributed by atoms with Gasteiger partial charge < -0.3 is 15.2 Å². The van der Waals surface area contributed by atoms with Crippen LogP contribution in [0.3, 0.4) is 0 Å². The quantitative estimate of drug-likeness (QED) is 0.850. The number of aliphatic hydroxyl groups excluding tert-OH is 1. The smallest absolute Gasteiger partial charge is 0.283 e. The summed E-state index contributed by atoms with van der Waals surface area (Å²) in [6.07, 6.45) is 3.45. The van der Waals surface area contributed by atoms with Crippen LogP contribution in [0, 0.1) is 0 Å². The summed E-state index contributed by atoms with van der Waals surface area (Å²) >= 11 is 3.28. The molecule has 0 unspecified atom stereocenters. The number of hydrogen-bond acceptors (Lipinski definition) is 5. The van der Waals surface area contributed by atoms with E-state index in [1.807, 2.05) is 0 Å². The number of hydrogen-bond donors (Lipinski definition) is 2. The van der Waals surface area contributed by atoms with Crippen molar-refractivity contribution in [3.8, 4) is 0 Å². The molecule has 0 atom stereocenters. The Balaban J connectivity index is 2.13. The number of ether oxygens (including phenoxy) is 1. The first-order valence-electron chi connectivity index (χ1n) is 5.93. The molecule has 18 heavy (non-hydrogen) atoms. The van der Waals surface area contributed by atoms with E-state index >= 15 is 0 Å². The van der Waals surface area contributed by atoms with Crippen molar-refractivity contribution in [2.75, 3.05) is 25.1 Å². The maximum Gasteiger partial charge on any atom is 0.283 e. The Morgan fingerprint density at radius 1 is 1.56 bits per heavy atom. The molecule has 100 valence electrons. The number of nitrogens with zero attached hydrogens (tertiary/aromatic N) is 2. The summed E-state index contributed by atoms with van der Waals surface area (Å²) in [6, 6.07) is 0.310. The van der Waals surface area contributed by atoms with Crippen LogP contribution in [-0.4, -0.2) is 40.7 Å².